The summed E-state index contributed by atoms with van der Waals surface area (Å²) in [6.07, 6.45) is 1.74. The molecule has 0 radical (unpaired) electrons. The van der Waals surface area contributed by atoms with Crippen molar-refractivity contribution in [2.75, 3.05) is 40.8 Å². The van der Waals surface area contributed by atoms with E-state index < -0.39 is 12.1 Å². The maximum absolute atomic E-state index is 12.7. The van der Waals surface area contributed by atoms with Crippen LogP contribution in [0.15, 0.2) is 66.7 Å². The maximum Gasteiger partial charge on any atom is 0.404 e. The predicted molar refractivity (Wildman–Crippen MR) is 190 cm³/mol. The number of carbonyl (C=O) groups excluding carboxylic acids is 1. The number of benzene rings is 4. The van der Waals surface area contributed by atoms with E-state index >= 15 is 0 Å². The Balaban J connectivity index is 1.36. The largest absolute Gasteiger partial charge is 0.492 e. The first kappa shape index (κ1) is 34.4. The number of nitrogens with one attached hydrogen (secondary N) is 1. The highest BCUT2D eigenvalue weighted by atomic mass is 16.6. The molecule has 0 aromatic heterocycles. The summed E-state index contributed by atoms with van der Waals surface area (Å²) in [5.41, 5.74) is 7.38. The van der Waals surface area contributed by atoms with E-state index in [1.54, 1.807) is 13.2 Å². The molecule has 1 amide bonds. The molecule has 3 N–H and O–H groups in total. The minimum absolute atomic E-state index is 0.0650. The van der Waals surface area contributed by atoms with Gasteiger partial charge in [-0.25, -0.2) is 4.79 Å². The van der Waals surface area contributed by atoms with Gasteiger partial charge in [0.1, 0.15) is 11.5 Å². The molecule has 0 saturated carbocycles. The number of aliphatic hydroxyl groups is 1. The average Bonchev–Trinajstić information content (AvgIpc) is 3.11. The van der Waals surface area contributed by atoms with Crippen molar-refractivity contribution in [3.05, 3.63) is 106 Å². The third-order valence-corrected chi connectivity index (χ3v) is 10.2. The second-order valence-corrected chi connectivity index (χ2v) is 13.5. The number of fused-ring (bicyclic) bond motifs is 2. The number of hydrogen-bond donors (Lipinski definition) is 3. The highest BCUT2D eigenvalue weighted by Crippen LogP contribution is 2.48. The molecule has 266 valence electrons. The molecule has 0 aliphatic carbocycles. The normalized spacial score (nSPS) is 18.4. The van der Waals surface area contributed by atoms with Crippen LogP contribution in [-0.2, 0) is 37.1 Å². The van der Waals surface area contributed by atoms with Gasteiger partial charge in [0.2, 0.25) is 0 Å². The fraction of sp³-hybridized carbons (Fsp3) is 0.350. The van der Waals surface area contributed by atoms with Gasteiger partial charge in [-0.15, -0.1) is 0 Å². The van der Waals surface area contributed by atoms with E-state index in [1.807, 2.05) is 36.4 Å². The molecule has 6 bridgehead atoms. The lowest BCUT2D eigenvalue weighted by molar-refractivity contribution is -0.134. The molecule has 11 nitrogen and oxygen atoms in total. The van der Waals surface area contributed by atoms with Crippen LogP contribution in [0.25, 0.3) is 0 Å². The molecule has 51 heavy (non-hydrogen) atoms. The Morgan fingerprint density at radius 2 is 1.57 bits per heavy atom. The van der Waals surface area contributed by atoms with Crippen molar-refractivity contribution in [2.24, 2.45) is 0 Å². The van der Waals surface area contributed by atoms with Crippen LogP contribution in [0.5, 0.6) is 34.5 Å². The number of esters is 1. The number of methoxy groups -OCH3 is 1. The zero-order valence-electron chi connectivity index (χ0n) is 29.1. The van der Waals surface area contributed by atoms with E-state index in [9.17, 15) is 14.7 Å². The molecule has 4 aromatic carbocycles. The number of likely N-dealkylation sites (N-methyl/N-ethyl adjacent to an activating group) is 2. The second kappa shape index (κ2) is 14.6. The van der Waals surface area contributed by atoms with Gasteiger partial charge in [0.15, 0.2) is 23.0 Å². The Morgan fingerprint density at radius 3 is 2.31 bits per heavy atom. The Hall–Kier alpha value is -5.10. The van der Waals surface area contributed by atoms with E-state index in [4.69, 9.17) is 24.1 Å². The van der Waals surface area contributed by atoms with E-state index in [0.717, 1.165) is 54.6 Å². The summed E-state index contributed by atoms with van der Waals surface area (Å²) in [4.78, 5) is 28.3. The SMILES string of the molecule is COc1c(CO)cc2c3c1Oc1ccc4c(c1)C(Cc1ccc(cc1)Oc1cc(ccc1OC(=O)CCNC(=O)O)CC3N(C)CC2)N(C)CC4. The molecule has 0 fully saturated rings. The molecule has 2 atom stereocenters. The first-order chi connectivity index (χ1) is 24.7. The molecule has 8 rings (SSSR count). The maximum atomic E-state index is 12.7. The molecule has 4 aromatic rings. The summed E-state index contributed by atoms with van der Waals surface area (Å²) in [5.74, 6) is 2.45. The minimum atomic E-state index is -1.21. The lowest BCUT2D eigenvalue weighted by Crippen LogP contribution is -2.34. The second-order valence-electron chi connectivity index (χ2n) is 13.5. The van der Waals surface area contributed by atoms with Crippen molar-refractivity contribution < 1.29 is 38.7 Å². The molecular weight excluding hydrogens is 650 g/mol. The topological polar surface area (TPSA) is 130 Å². The average molecular weight is 694 g/mol. The molecule has 4 heterocycles. The number of ether oxygens (including phenoxy) is 4. The van der Waals surface area contributed by atoms with Gasteiger partial charge in [0.05, 0.1) is 20.1 Å². The third-order valence-electron chi connectivity index (χ3n) is 10.2. The number of carboxylic acid groups (broad SMARTS) is 1. The van der Waals surface area contributed by atoms with Gasteiger partial charge in [-0.1, -0.05) is 24.3 Å². The minimum Gasteiger partial charge on any atom is -0.492 e. The zero-order valence-corrected chi connectivity index (χ0v) is 29.1. The van der Waals surface area contributed by atoms with Gasteiger partial charge in [-0.05, 0) is 110 Å². The summed E-state index contributed by atoms with van der Waals surface area (Å²) in [5, 5.41) is 21.5. The number of amides is 1. The van der Waals surface area contributed by atoms with Crippen molar-refractivity contribution in [2.45, 2.75) is 50.8 Å². The smallest absolute Gasteiger partial charge is 0.404 e. The van der Waals surface area contributed by atoms with Crippen molar-refractivity contribution in [3.8, 4) is 34.5 Å². The number of aliphatic hydroxyl groups excluding tert-OH is 1. The first-order valence-electron chi connectivity index (χ1n) is 17.3. The van der Waals surface area contributed by atoms with Crippen LogP contribution in [0.1, 0.15) is 57.4 Å². The molecule has 4 aliphatic rings. The van der Waals surface area contributed by atoms with Crippen LogP contribution in [0, 0.1) is 0 Å². The molecule has 0 saturated heterocycles. The standard InChI is InChI=1S/C40H43N3O8/c1-42-16-13-26-7-10-30-22-31(26)32(42)18-24-4-8-29(9-5-24)49-35-20-25(6-11-34(35)51-36(45)12-15-41-40(46)47)19-33-37-27(14-17-43(33)2)21-28(23-44)38(48-3)39(37)50-30/h4-11,20-22,32-33,41,44H,12-19,23H2,1-3H3,(H,46,47). The van der Waals surface area contributed by atoms with Crippen LogP contribution >= 0.6 is 0 Å². The van der Waals surface area contributed by atoms with Crippen LogP contribution < -0.4 is 24.3 Å². The number of hydrogen-bond acceptors (Lipinski definition) is 9. The fourth-order valence-corrected chi connectivity index (χ4v) is 7.52. The van der Waals surface area contributed by atoms with E-state index in [1.165, 1.54) is 11.1 Å². The monoisotopic (exact) mass is 693 g/mol. The van der Waals surface area contributed by atoms with Crippen LogP contribution in [-0.4, -0.2) is 72.9 Å². The van der Waals surface area contributed by atoms with E-state index in [2.05, 4.69) is 53.5 Å². The molecule has 11 heteroatoms. The lowest BCUT2D eigenvalue weighted by Gasteiger charge is -2.37. The predicted octanol–water partition coefficient (Wildman–Crippen LogP) is 6.19. The van der Waals surface area contributed by atoms with Crippen molar-refractivity contribution in [1.29, 1.82) is 0 Å². The van der Waals surface area contributed by atoms with Gasteiger partial charge in [-0.3, -0.25) is 14.6 Å². The van der Waals surface area contributed by atoms with Gasteiger partial charge < -0.3 is 34.5 Å². The highest BCUT2D eigenvalue weighted by molar-refractivity contribution is 5.74. The van der Waals surface area contributed by atoms with Gasteiger partial charge in [0, 0.05) is 42.8 Å². The number of nitrogens with zero attached hydrogens (tertiary/aromatic N) is 2. The zero-order chi connectivity index (χ0) is 35.6. The Morgan fingerprint density at radius 1 is 0.863 bits per heavy atom. The van der Waals surface area contributed by atoms with Crippen LogP contribution in [0.2, 0.25) is 0 Å². The summed E-state index contributed by atoms with van der Waals surface area (Å²) >= 11 is 0. The fourth-order valence-electron chi connectivity index (χ4n) is 7.52. The van der Waals surface area contributed by atoms with Crippen LogP contribution in [0.4, 0.5) is 4.79 Å². The van der Waals surface area contributed by atoms with Crippen molar-refractivity contribution >= 4 is 12.1 Å². The quantitative estimate of drug-likeness (QED) is 0.159. The van der Waals surface area contributed by atoms with Crippen molar-refractivity contribution in [3.63, 3.8) is 0 Å². The van der Waals surface area contributed by atoms with E-state index in [0.29, 0.717) is 40.7 Å². The van der Waals surface area contributed by atoms with Crippen LogP contribution in [0.3, 0.4) is 0 Å². The summed E-state index contributed by atoms with van der Waals surface area (Å²) < 4.78 is 25.0. The molecule has 4 aliphatic heterocycles. The Kier molecular flexibility index (Phi) is 9.86. The van der Waals surface area contributed by atoms with Gasteiger partial charge in [0.25, 0.3) is 0 Å². The Labute approximate surface area is 297 Å². The first-order valence-corrected chi connectivity index (χ1v) is 17.3. The van der Waals surface area contributed by atoms with Crippen molar-refractivity contribution in [1.82, 2.24) is 15.1 Å². The number of carbonyl (C=O) groups is 2. The highest BCUT2D eigenvalue weighted by Gasteiger charge is 2.33. The Bertz CT molecular complexity index is 1950. The van der Waals surface area contributed by atoms with Gasteiger partial charge in [-0.2, -0.15) is 0 Å². The third kappa shape index (κ3) is 7.23. The molecule has 2 unspecified atom stereocenters. The lowest BCUT2D eigenvalue weighted by atomic mass is 9.86. The number of rotatable bonds is 6. The molecule has 0 spiro atoms. The van der Waals surface area contributed by atoms with E-state index in [-0.39, 0.29) is 37.4 Å². The summed E-state index contributed by atoms with van der Waals surface area (Å²) in [6.45, 7) is 1.49. The molecular formula is C40H43N3O8. The summed E-state index contributed by atoms with van der Waals surface area (Å²) in [6, 6.07) is 21.9. The summed E-state index contributed by atoms with van der Waals surface area (Å²) in [7, 11) is 5.86. The van der Waals surface area contributed by atoms with Gasteiger partial charge >= 0.3 is 12.1 Å².